The van der Waals surface area contributed by atoms with Gasteiger partial charge in [0.2, 0.25) is 5.91 Å². The lowest BCUT2D eigenvalue weighted by Gasteiger charge is -2.31. The van der Waals surface area contributed by atoms with Crippen LogP contribution in [0.3, 0.4) is 0 Å². The Balaban J connectivity index is 2.09. The van der Waals surface area contributed by atoms with E-state index in [0.29, 0.717) is 17.9 Å². The fourth-order valence-corrected chi connectivity index (χ4v) is 2.75. The van der Waals surface area contributed by atoms with Gasteiger partial charge < -0.3 is 10.2 Å². The summed E-state index contributed by atoms with van der Waals surface area (Å²) in [5.41, 5.74) is 0. The highest BCUT2D eigenvalue weighted by Crippen LogP contribution is 2.24. The van der Waals surface area contributed by atoms with Gasteiger partial charge in [-0.05, 0) is 38.6 Å². The Morgan fingerprint density at radius 2 is 2.00 bits per heavy atom. The van der Waals surface area contributed by atoms with E-state index in [1.807, 2.05) is 7.05 Å². The summed E-state index contributed by atoms with van der Waals surface area (Å²) in [7, 11) is 1.89. The molecule has 1 heterocycles. The molecule has 2 unspecified atom stereocenters. The van der Waals surface area contributed by atoms with Gasteiger partial charge in [0.15, 0.2) is 0 Å². The first-order chi connectivity index (χ1) is 7.72. The standard InChI is InChI=1S/C13H22N2O/c1-10-7-8-12(14-2)13(16)15(9-10)11-5-3-4-6-11/h3-4,10-12,14H,5-9H2,1-2H3. The van der Waals surface area contributed by atoms with Gasteiger partial charge in [0.1, 0.15) is 0 Å². The molecular weight excluding hydrogens is 200 g/mol. The Morgan fingerprint density at radius 3 is 2.62 bits per heavy atom. The molecular formula is C13H22N2O. The minimum Gasteiger partial charge on any atom is -0.337 e. The minimum absolute atomic E-state index is 0.0329. The van der Waals surface area contributed by atoms with Crippen LogP contribution in [0.15, 0.2) is 12.2 Å². The third-order valence-electron chi connectivity index (χ3n) is 3.81. The summed E-state index contributed by atoms with van der Waals surface area (Å²) in [5, 5.41) is 3.16. The van der Waals surface area contributed by atoms with E-state index in [2.05, 4.69) is 29.3 Å². The Hall–Kier alpha value is -0.830. The van der Waals surface area contributed by atoms with Crippen molar-refractivity contribution in [3.63, 3.8) is 0 Å². The molecule has 2 rings (SSSR count). The van der Waals surface area contributed by atoms with E-state index in [4.69, 9.17) is 0 Å². The van der Waals surface area contributed by atoms with Gasteiger partial charge in [0.25, 0.3) is 0 Å². The van der Waals surface area contributed by atoms with Gasteiger partial charge in [-0.15, -0.1) is 0 Å². The van der Waals surface area contributed by atoms with Crippen LogP contribution in [0.5, 0.6) is 0 Å². The van der Waals surface area contributed by atoms with Crippen LogP contribution in [-0.4, -0.2) is 36.5 Å². The van der Waals surface area contributed by atoms with Gasteiger partial charge in [-0.25, -0.2) is 0 Å². The Morgan fingerprint density at radius 1 is 1.31 bits per heavy atom. The Labute approximate surface area is 97.9 Å². The number of hydrogen-bond acceptors (Lipinski definition) is 2. The molecule has 0 saturated carbocycles. The van der Waals surface area contributed by atoms with Crippen LogP contribution in [0.4, 0.5) is 0 Å². The number of rotatable bonds is 2. The van der Waals surface area contributed by atoms with E-state index in [1.54, 1.807) is 0 Å². The van der Waals surface area contributed by atoms with Crippen LogP contribution in [0, 0.1) is 5.92 Å². The second-order valence-corrected chi connectivity index (χ2v) is 5.11. The first kappa shape index (κ1) is 11.6. The summed E-state index contributed by atoms with van der Waals surface area (Å²) in [4.78, 5) is 14.5. The highest BCUT2D eigenvalue weighted by molar-refractivity contribution is 5.82. The molecule has 16 heavy (non-hydrogen) atoms. The largest absolute Gasteiger partial charge is 0.337 e. The monoisotopic (exact) mass is 222 g/mol. The SMILES string of the molecule is CNC1CCC(C)CN(C2CC=CC2)C1=O. The molecule has 3 nitrogen and oxygen atoms in total. The van der Waals surface area contributed by atoms with Crippen molar-refractivity contribution in [3.05, 3.63) is 12.2 Å². The fourth-order valence-electron chi connectivity index (χ4n) is 2.75. The molecule has 1 aliphatic heterocycles. The third kappa shape index (κ3) is 2.29. The molecule has 0 aromatic carbocycles. The second-order valence-electron chi connectivity index (χ2n) is 5.11. The quantitative estimate of drug-likeness (QED) is 0.719. The number of likely N-dealkylation sites (tertiary alicyclic amines) is 1. The van der Waals surface area contributed by atoms with Crippen molar-refractivity contribution in [1.82, 2.24) is 10.2 Å². The molecule has 1 fully saturated rings. The Bertz CT molecular complexity index is 280. The van der Waals surface area contributed by atoms with Crippen molar-refractivity contribution in [2.24, 2.45) is 5.92 Å². The van der Waals surface area contributed by atoms with Gasteiger partial charge in [0.05, 0.1) is 6.04 Å². The highest BCUT2D eigenvalue weighted by Gasteiger charge is 2.32. The van der Waals surface area contributed by atoms with Crippen LogP contribution in [0.1, 0.15) is 32.6 Å². The number of nitrogens with zero attached hydrogens (tertiary/aromatic N) is 1. The second kappa shape index (κ2) is 5.00. The normalized spacial score (nSPS) is 32.1. The molecule has 1 saturated heterocycles. The molecule has 1 N–H and O–H groups in total. The number of nitrogens with one attached hydrogen (secondary N) is 1. The van der Waals surface area contributed by atoms with Crippen molar-refractivity contribution in [3.8, 4) is 0 Å². The number of amides is 1. The van der Waals surface area contributed by atoms with E-state index in [-0.39, 0.29) is 6.04 Å². The minimum atomic E-state index is 0.0329. The van der Waals surface area contributed by atoms with E-state index in [1.165, 1.54) is 0 Å². The van der Waals surface area contributed by atoms with Crippen LogP contribution in [0.25, 0.3) is 0 Å². The molecule has 1 amide bonds. The fraction of sp³-hybridized carbons (Fsp3) is 0.769. The van der Waals surface area contributed by atoms with Crippen LogP contribution in [-0.2, 0) is 4.79 Å². The molecule has 2 atom stereocenters. The average molecular weight is 222 g/mol. The zero-order valence-electron chi connectivity index (χ0n) is 10.3. The number of carbonyl (C=O) groups excluding carboxylic acids is 1. The van der Waals surface area contributed by atoms with Gasteiger partial charge in [0, 0.05) is 12.6 Å². The van der Waals surface area contributed by atoms with E-state index in [9.17, 15) is 4.79 Å². The lowest BCUT2D eigenvalue weighted by atomic mass is 10.0. The summed E-state index contributed by atoms with van der Waals surface area (Å²) in [6, 6.07) is 0.453. The average Bonchev–Trinajstić information content (AvgIpc) is 2.75. The molecule has 1 aliphatic carbocycles. The maximum absolute atomic E-state index is 12.3. The maximum Gasteiger partial charge on any atom is 0.239 e. The van der Waals surface area contributed by atoms with Crippen molar-refractivity contribution in [2.45, 2.75) is 44.7 Å². The predicted octanol–water partition coefficient (Wildman–Crippen LogP) is 1.55. The predicted molar refractivity (Wildman–Crippen MR) is 65.1 cm³/mol. The molecule has 0 bridgehead atoms. The first-order valence-corrected chi connectivity index (χ1v) is 6.35. The van der Waals surface area contributed by atoms with Crippen molar-refractivity contribution in [2.75, 3.05) is 13.6 Å². The zero-order chi connectivity index (χ0) is 11.5. The lowest BCUT2D eigenvalue weighted by molar-refractivity contribution is -0.135. The molecule has 0 radical (unpaired) electrons. The zero-order valence-corrected chi connectivity index (χ0v) is 10.3. The van der Waals surface area contributed by atoms with Crippen molar-refractivity contribution < 1.29 is 4.79 Å². The maximum atomic E-state index is 12.3. The Kier molecular flexibility index (Phi) is 3.64. The van der Waals surface area contributed by atoms with E-state index < -0.39 is 0 Å². The van der Waals surface area contributed by atoms with E-state index >= 15 is 0 Å². The molecule has 0 aromatic rings. The van der Waals surface area contributed by atoms with Gasteiger partial charge in [-0.2, -0.15) is 0 Å². The van der Waals surface area contributed by atoms with Crippen molar-refractivity contribution in [1.29, 1.82) is 0 Å². The van der Waals surface area contributed by atoms with Gasteiger partial charge in [-0.1, -0.05) is 19.1 Å². The topological polar surface area (TPSA) is 32.3 Å². The van der Waals surface area contributed by atoms with Gasteiger partial charge in [-0.3, -0.25) is 4.79 Å². The number of carbonyl (C=O) groups is 1. The molecule has 90 valence electrons. The molecule has 0 spiro atoms. The number of hydrogen-bond donors (Lipinski definition) is 1. The molecule has 0 aromatic heterocycles. The third-order valence-corrected chi connectivity index (χ3v) is 3.81. The van der Waals surface area contributed by atoms with Crippen LogP contribution >= 0.6 is 0 Å². The summed E-state index contributed by atoms with van der Waals surface area (Å²) < 4.78 is 0. The summed E-state index contributed by atoms with van der Waals surface area (Å²) in [6.45, 7) is 3.18. The molecule has 3 heteroatoms. The van der Waals surface area contributed by atoms with Crippen LogP contribution < -0.4 is 5.32 Å². The summed E-state index contributed by atoms with van der Waals surface area (Å²) in [5.74, 6) is 0.934. The van der Waals surface area contributed by atoms with Crippen molar-refractivity contribution >= 4 is 5.91 Å². The smallest absolute Gasteiger partial charge is 0.239 e. The van der Waals surface area contributed by atoms with Crippen LogP contribution in [0.2, 0.25) is 0 Å². The lowest BCUT2D eigenvalue weighted by Crippen LogP contribution is -2.48. The number of likely N-dealkylation sites (N-methyl/N-ethyl adjacent to an activating group) is 1. The molecule has 2 aliphatic rings. The highest BCUT2D eigenvalue weighted by atomic mass is 16.2. The van der Waals surface area contributed by atoms with Gasteiger partial charge >= 0.3 is 0 Å². The summed E-state index contributed by atoms with van der Waals surface area (Å²) in [6.07, 6.45) is 8.59. The summed E-state index contributed by atoms with van der Waals surface area (Å²) >= 11 is 0. The first-order valence-electron chi connectivity index (χ1n) is 6.35. The van der Waals surface area contributed by atoms with E-state index in [0.717, 1.165) is 32.2 Å².